The maximum Gasteiger partial charge on any atom is 0.259 e. The molecule has 4 heteroatoms. The lowest BCUT2D eigenvalue weighted by atomic mass is 10.1. The Labute approximate surface area is 114 Å². The largest absolute Gasteiger partial charge is 0.507 e. The molecule has 0 fully saturated rings. The number of halogens is 1. The van der Waals surface area contributed by atoms with Gasteiger partial charge in [-0.1, -0.05) is 28.1 Å². The number of benzene rings is 2. The number of carbonyl (C=O) groups excluding carboxylic acids is 1. The van der Waals surface area contributed by atoms with E-state index in [0.717, 1.165) is 4.47 Å². The molecule has 0 radical (unpaired) electrons. The van der Waals surface area contributed by atoms with E-state index < -0.39 is 0 Å². The summed E-state index contributed by atoms with van der Waals surface area (Å²) in [5.41, 5.74) is 1.64. The molecule has 1 amide bonds. The molecule has 0 aromatic heterocycles. The predicted molar refractivity (Wildman–Crippen MR) is 74.9 cm³/mol. The van der Waals surface area contributed by atoms with Crippen LogP contribution >= 0.6 is 15.9 Å². The van der Waals surface area contributed by atoms with Crippen LogP contribution in [-0.2, 0) is 0 Å². The minimum absolute atomic E-state index is 0.0205. The third-order valence-electron chi connectivity index (χ3n) is 2.58. The number of hydrogen-bond donors (Lipinski definition) is 2. The number of rotatable bonds is 2. The van der Waals surface area contributed by atoms with Gasteiger partial charge in [0.05, 0.1) is 5.56 Å². The van der Waals surface area contributed by atoms with Crippen molar-refractivity contribution >= 4 is 27.5 Å². The lowest BCUT2D eigenvalue weighted by molar-refractivity contribution is 0.102. The van der Waals surface area contributed by atoms with E-state index in [1.807, 2.05) is 12.1 Å². The molecule has 0 atom stereocenters. The first-order valence-corrected chi connectivity index (χ1v) is 6.23. The first-order valence-electron chi connectivity index (χ1n) is 5.43. The van der Waals surface area contributed by atoms with Gasteiger partial charge in [0.1, 0.15) is 5.75 Å². The molecule has 0 heterocycles. The number of aryl methyl sites for hydroxylation is 1. The van der Waals surface area contributed by atoms with Crippen molar-refractivity contribution in [3.63, 3.8) is 0 Å². The average molecular weight is 306 g/mol. The second-order valence-corrected chi connectivity index (χ2v) is 4.85. The number of anilines is 1. The molecule has 0 saturated heterocycles. The van der Waals surface area contributed by atoms with Crippen molar-refractivity contribution in [1.82, 2.24) is 0 Å². The van der Waals surface area contributed by atoms with Crippen molar-refractivity contribution in [2.45, 2.75) is 6.92 Å². The number of nitrogens with one attached hydrogen (secondary N) is 1. The number of phenols is 1. The zero-order chi connectivity index (χ0) is 13.1. The standard InChI is InChI=1S/C14H12BrNO2/c1-9-3-2-4-12(13(9)17)14(18)16-11-7-5-10(15)6-8-11/h2-8,17H,1H3,(H,16,18). The van der Waals surface area contributed by atoms with Gasteiger partial charge in [0.25, 0.3) is 5.91 Å². The second kappa shape index (κ2) is 5.23. The Bertz CT molecular complexity index is 579. The Morgan fingerprint density at radius 1 is 1.17 bits per heavy atom. The topological polar surface area (TPSA) is 49.3 Å². The normalized spacial score (nSPS) is 10.1. The van der Waals surface area contributed by atoms with Crippen molar-refractivity contribution in [3.05, 3.63) is 58.1 Å². The van der Waals surface area contributed by atoms with Crippen molar-refractivity contribution in [2.24, 2.45) is 0 Å². The van der Waals surface area contributed by atoms with Crippen LogP contribution in [0.3, 0.4) is 0 Å². The molecule has 0 aliphatic rings. The number of para-hydroxylation sites is 1. The van der Waals surface area contributed by atoms with Gasteiger partial charge >= 0.3 is 0 Å². The van der Waals surface area contributed by atoms with Gasteiger partial charge in [-0.15, -0.1) is 0 Å². The molecule has 2 rings (SSSR count). The smallest absolute Gasteiger partial charge is 0.259 e. The van der Waals surface area contributed by atoms with E-state index in [2.05, 4.69) is 21.2 Å². The average Bonchev–Trinajstić information content (AvgIpc) is 2.35. The quantitative estimate of drug-likeness (QED) is 0.888. The van der Waals surface area contributed by atoms with Crippen LogP contribution in [0.5, 0.6) is 5.75 Å². The van der Waals surface area contributed by atoms with E-state index in [4.69, 9.17) is 0 Å². The van der Waals surface area contributed by atoms with Crippen LogP contribution < -0.4 is 5.32 Å². The molecule has 0 aliphatic carbocycles. The maximum atomic E-state index is 12.0. The van der Waals surface area contributed by atoms with E-state index >= 15 is 0 Å². The van der Waals surface area contributed by atoms with Crippen molar-refractivity contribution in [1.29, 1.82) is 0 Å². The van der Waals surface area contributed by atoms with Gasteiger partial charge in [0.15, 0.2) is 0 Å². The van der Waals surface area contributed by atoms with Crippen LogP contribution in [0.4, 0.5) is 5.69 Å². The van der Waals surface area contributed by atoms with Gasteiger partial charge in [-0.2, -0.15) is 0 Å². The molecule has 0 unspecified atom stereocenters. The minimum Gasteiger partial charge on any atom is -0.507 e. The maximum absolute atomic E-state index is 12.0. The summed E-state index contributed by atoms with van der Waals surface area (Å²) in [5, 5.41) is 12.6. The Hall–Kier alpha value is -1.81. The van der Waals surface area contributed by atoms with Crippen LogP contribution in [0.15, 0.2) is 46.9 Å². The first kappa shape index (κ1) is 12.6. The van der Waals surface area contributed by atoms with Crippen LogP contribution in [0.25, 0.3) is 0 Å². The van der Waals surface area contributed by atoms with Crippen LogP contribution in [-0.4, -0.2) is 11.0 Å². The minimum atomic E-state index is -0.321. The van der Waals surface area contributed by atoms with Crippen LogP contribution in [0, 0.1) is 6.92 Å². The molecule has 0 aliphatic heterocycles. The molecule has 3 nitrogen and oxygen atoms in total. The van der Waals surface area contributed by atoms with E-state index in [9.17, 15) is 9.90 Å². The lowest BCUT2D eigenvalue weighted by Crippen LogP contribution is -2.12. The third-order valence-corrected chi connectivity index (χ3v) is 3.11. The molecule has 2 N–H and O–H groups in total. The summed E-state index contributed by atoms with van der Waals surface area (Å²) in [6, 6.07) is 12.3. The summed E-state index contributed by atoms with van der Waals surface area (Å²) in [6.07, 6.45) is 0. The fourth-order valence-electron chi connectivity index (χ4n) is 1.57. The number of amides is 1. The summed E-state index contributed by atoms with van der Waals surface area (Å²) in [4.78, 5) is 12.0. The summed E-state index contributed by atoms with van der Waals surface area (Å²) >= 11 is 3.33. The fourth-order valence-corrected chi connectivity index (χ4v) is 1.84. The summed E-state index contributed by atoms with van der Waals surface area (Å²) < 4.78 is 0.943. The lowest BCUT2D eigenvalue weighted by Gasteiger charge is -2.08. The molecule has 0 saturated carbocycles. The predicted octanol–water partition coefficient (Wildman–Crippen LogP) is 3.72. The highest BCUT2D eigenvalue weighted by atomic mass is 79.9. The molecule has 0 spiro atoms. The molecular formula is C14H12BrNO2. The Balaban J connectivity index is 2.22. The molecular weight excluding hydrogens is 294 g/mol. The number of phenolic OH excluding ortho intramolecular Hbond substituents is 1. The molecule has 92 valence electrons. The van der Waals surface area contributed by atoms with Crippen LogP contribution in [0.2, 0.25) is 0 Å². The second-order valence-electron chi connectivity index (χ2n) is 3.93. The molecule has 2 aromatic carbocycles. The highest BCUT2D eigenvalue weighted by Crippen LogP contribution is 2.23. The summed E-state index contributed by atoms with van der Waals surface area (Å²) in [6.45, 7) is 1.76. The van der Waals surface area contributed by atoms with E-state index in [1.54, 1.807) is 37.3 Å². The first-order chi connectivity index (χ1) is 8.58. The van der Waals surface area contributed by atoms with Gasteiger partial charge in [-0.05, 0) is 42.8 Å². The zero-order valence-corrected chi connectivity index (χ0v) is 11.4. The monoisotopic (exact) mass is 305 g/mol. The fraction of sp³-hybridized carbons (Fsp3) is 0.0714. The Morgan fingerprint density at radius 3 is 2.50 bits per heavy atom. The van der Waals surface area contributed by atoms with E-state index in [0.29, 0.717) is 11.3 Å². The SMILES string of the molecule is Cc1cccc(C(=O)Nc2ccc(Br)cc2)c1O. The van der Waals surface area contributed by atoms with Crippen molar-refractivity contribution in [2.75, 3.05) is 5.32 Å². The summed E-state index contributed by atoms with van der Waals surface area (Å²) in [7, 11) is 0. The van der Waals surface area contributed by atoms with E-state index in [-0.39, 0.29) is 17.2 Å². The van der Waals surface area contributed by atoms with Gasteiger partial charge in [0, 0.05) is 10.2 Å². The molecule has 0 bridgehead atoms. The van der Waals surface area contributed by atoms with Gasteiger partial charge in [-0.3, -0.25) is 4.79 Å². The number of aromatic hydroxyl groups is 1. The molecule has 18 heavy (non-hydrogen) atoms. The van der Waals surface area contributed by atoms with Crippen molar-refractivity contribution in [3.8, 4) is 5.75 Å². The van der Waals surface area contributed by atoms with Gasteiger partial charge in [0.2, 0.25) is 0 Å². The van der Waals surface area contributed by atoms with Gasteiger partial charge < -0.3 is 10.4 Å². The third kappa shape index (κ3) is 2.71. The summed E-state index contributed by atoms with van der Waals surface area (Å²) in [5.74, 6) is -0.300. The van der Waals surface area contributed by atoms with Crippen LogP contribution in [0.1, 0.15) is 15.9 Å². The highest BCUT2D eigenvalue weighted by molar-refractivity contribution is 9.10. The van der Waals surface area contributed by atoms with E-state index in [1.165, 1.54) is 0 Å². The number of hydrogen-bond acceptors (Lipinski definition) is 2. The zero-order valence-electron chi connectivity index (χ0n) is 9.77. The Morgan fingerprint density at radius 2 is 1.83 bits per heavy atom. The highest BCUT2D eigenvalue weighted by Gasteiger charge is 2.12. The van der Waals surface area contributed by atoms with Gasteiger partial charge in [-0.25, -0.2) is 0 Å². The number of carbonyl (C=O) groups is 1. The molecule has 2 aromatic rings. The van der Waals surface area contributed by atoms with Crippen molar-refractivity contribution < 1.29 is 9.90 Å². The Kier molecular flexibility index (Phi) is 3.67.